The molecule has 0 saturated carbocycles. The summed E-state index contributed by atoms with van der Waals surface area (Å²) in [5, 5.41) is 16.9. The van der Waals surface area contributed by atoms with Gasteiger partial charge in [0, 0.05) is 11.1 Å². The zero-order chi connectivity index (χ0) is 15.4. The summed E-state index contributed by atoms with van der Waals surface area (Å²) >= 11 is 0. The molecule has 0 aliphatic heterocycles. The fourth-order valence-electron chi connectivity index (χ4n) is 0.581. The fourth-order valence-corrected chi connectivity index (χ4v) is 0.581. The molecule has 0 aliphatic rings. The minimum absolute atomic E-state index is 0.0334. The van der Waals surface area contributed by atoms with E-state index < -0.39 is 18.0 Å². The average Bonchev–Trinajstić information content (AvgIpc) is 2.33. The first-order valence-corrected chi connectivity index (χ1v) is 5.66. The topological polar surface area (TPSA) is 93.1 Å². The van der Waals surface area contributed by atoms with Gasteiger partial charge in [0.1, 0.15) is 13.2 Å². The Balaban J connectivity index is 0. The zero-order valence-electron chi connectivity index (χ0n) is 11.6. The summed E-state index contributed by atoms with van der Waals surface area (Å²) in [7, 11) is 0. The predicted octanol–water partition coefficient (Wildman–Crippen LogP) is 0.584. The number of aliphatic hydroxyl groups excluding tert-OH is 2. The molecule has 0 bridgehead atoms. The van der Waals surface area contributed by atoms with Gasteiger partial charge in [-0.25, -0.2) is 9.59 Å². The molecule has 0 radical (unpaired) electrons. The fraction of sp³-hybridized carbons (Fsp3) is 0.538. The molecule has 0 saturated heterocycles. The molecule has 0 aromatic rings. The van der Waals surface area contributed by atoms with Gasteiger partial charge in [-0.1, -0.05) is 13.2 Å². The van der Waals surface area contributed by atoms with Crippen LogP contribution in [0, 0.1) is 0 Å². The lowest BCUT2D eigenvalue weighted by Gasteiger charge is -2.04. The molecule has 6 heteroatoms. The van der Waals surface area contributed by atoms with Gasteiger partial charge < -0.3 is 19.7 Å². The maximum atomic E-state index is 10.6. The molecular weight excluding hydrogens is 252 g/mol. The van der Waals surface area contributed by atoms with Gasteiger partial charge in [-0.2, -0.15) is 0 Å². The Hall–Kier alpha value is -1.66. The number of ether oxygens (including phenoxy) is 2. The van der Waals surface area contributed by atoms with Crippen LogP contribution in [0.25, 0.3) is 0 Å². The van der Waals surface area contributed by atoms with Crippen LogP contribution in [0.4, 0.5) is 0 Å². The van der Waals surface area contributed by atoms with Crippen molar-refractivity contribution in [2.75, 3.05) is 19.8 Å². The van der Waals surface area contributed by atoms with Gasteiger partial charge in [-0.05, 0) is 20.8 Å². The Morgan fingerprint density at radius 3 is 1.84 bits per heavy atom. The van der Waals surface area contributed by atoms with E-state index in [2.05, 4.69) is 22.6 Å². The van der Waals surface area contributed by atoms with E-state index in [9.17, 15) is 9.59 Å². The minimum Gasteiger partial charge on any atom is -0.460 e. The standard InChI is InChI=1S/C7H12O3.C6H10O3/c1-5(2)7(9)10-4-6(3)8;1-5(2)6(8)9-4-3-7/h6,8H,1,4H2,2-3H3;7H,1,3-4H2,2H3. The second-order valence-electron chi connectivity index (χ2n) is 3.87. The van der Waals surface area contributed by atoms with Crippen molar-refractivity contribution in [3.63, 3.8) is 0 Å². The van der Waals surface area contributed by atoms with Crippen LogP contribution in [0.2, 0.25) is 0 Å². The third-order valence-corrected chi connectivity index (χ3v) is 1.48. The number of hydrogen-bond acceptors (Lipinski definition) is 6. The van der Waals surface area contributed by atoms with Gasteiger partial charge in [0.25, 0.3) is 0 Å². The maximum absolute atomic E-state index is 10.6. The Morgan fingerprint density at radius 1 is 1.11 bits per heavy atom. The van der Waals surface area contributed by atoms with Crippen molar-refractivity contribution in [1.29, 1.82) is 0 Å². The van der Waals surface area contributed by atoms with Crippen molar-refractivity contribution in [3.8, 4) is 0 Å². The third kappa shape index (κ3) is 14.3. The summed E-state index contributed by atoms with van der Waals surface area (Å²) in [5.74, 6) is -0.912. The second-order valence-corrected chi connectivity index (χ2v) is 3.87. The first-order valence-electron chi connectivity index (χ1n) is 5.66. The maximum Gasteiger partial charge on any atom is 0.333 e. The van der Waals surface area contributed by atoms with Crippen molar-refractivity contribution in [3.05, 3.63) is 24.3 Å². The molecule has 0 spiro atoms. The van der Waals surface area contributed by atoms with Gasteiger partial charge in [0.05, 0.1) is 12.7 Å². The second kappa shape index (κ2) is 11.4. The van der Waals surface area contributed by atoms with Crippen LogP contribution in [0.15, 0.2) is 24.3 Å². The largest absolute Gasteiger partial charge is 0.460 e. The molecule has 6 nitrogen and oxygen atoms in total. The summed E-state index contributed by atoms with van der Waals surface area (Å²) in [6, 6.07) is 0. The van der Waals surface area contributed by atoms with Crippen LogP contribution in [0.3, 0.4) is 0 Å². The van der Waals surface area contributed by atoms with Crippen molar-refractivity contribution < 1.29 is 29.3 Å². The molecule has 2 N–H and O–H groups in total. The Labute approximate surface area is 113 Å². The Kier molecular flexibility index (Phi) is 11.8. The highest BCUT2D eigenvalue weighted by Gasteiger charge is 2.03. The molecule has 0 aromatic carbocycles. The number of carbonyl (C=O) groups excluding carboxylic acids is 2. The Bertz CT molecular complexity index is 319. The predicted molar refractivity (Wildman–Crippen MR) is 70.3 cm³/mol. The lowest BCUT2D eigenvalue weighted by molar-refractivity contribution is -0.141. The third-order valence-electron chi connectivity index (χ3n) is 1.48. The number of aliphatic hydroxyl groups is 2. The molecular formula is C13H22O6. The van der Waals surface area contributed by atoms with Gasteiger partial charge in [0.15, 0.2) is 0 Å². The highest BCUT2D eigenvalue weighted by Crippen LogP contribution is 1.92. The van der Waals surface area contributed by atoms with Crippen LogP contribution < -0.4 is 0 Å². The van der Waals surface area contributed by atoms with Crippen LogP contribution in [0.5, 0.6) is 0 Å². The van der Waals surface area contributed by atoms with Crippen LogP contribution in [-0.2, 0) is 19.1 Å². The van der Waals surface area contributed by atoms with E-state index in [1.54, 1.807) is 20.8 Å². The van der Waals surface area contributed by atoms with Crippen molar-refractivity contribution >= 4 is 11.9 Å². The molecule has 0 amide bonds. The van der Waals surface area contributed by atoms with Gasteiger partial charge in [0.2, 0.25) is 0 Å². The van der Waals surface area contributed by atoms with Gasteiger partial charge in [-0.15, -0.1) is 0 Å². The van der Waals surface area contributed by atoms with E-state index in [0.29, 0.717) is 11.1 Å². The lowest BCUT2D eigenvalue weighted by atomic mass is 10.3. The van der Waals surface area contributed by atoms with Crippen molar-refractivity contribution in [2.45, 2.75) is 26.9 Å². The van der Waals surface area contributed by atoms with E-state index in [1.165, 1.54) is 0 Å². The van der Waals surface area contributed by atoms with E-state index in [4.69, 9.17) is 10.2 Å². The van der Waals surface area contributed by atoms with Crippen LogP contribution in [0.1, 0.15) is 20.8 Å². The number of rotatable bonds is 6. The van der Waals surface area contributed by atoms with Gasteiger partial charge >= 0.3 is 11.9 Å². The van der Waals surface area contributed by atoms with Crippen molar-refractivity contribution in [2.24, 2.45) is 0 Å². The van der Waals surface area contributed by atoms with Gasteiger partial charge in [-0.3, -0.25) is 0 Å². The number of esters is 2. The highest BCUT2D eigenvalue weighted by molar-refractivity contribution is 5.87. The van der Waals surface area contributed by atoms with Crippen LogP contribution >= 0.6 is 0 Å². The normalized spacial score (nSPS) is 10.6. The summed E-state index contributed by atoms with van der Waals surface area (Å²) in [6.45, 7) is 11.3. The van der Waals surface area contributed by atoms with E-state index in [0.717, 1.165) is 0 Å². The zero-order valence-corrected chi connectivity index (χ0v) is 11.6. The van der Waals surface area contributed by atoms with E-state index in [-0.39, 0.29) is 19.8 Å². The monoisotopic (exact) mass is 274 g/mol. The quantitative estimate of drug-likeness (QED) is 0.544. The molecule has 0 aliphatic carbocycles. The molecule has 110 valence electrons. The minimum atomic E-state index is -0.608. The summed E-state index contributed by atoms with van der Waals surface area (Å²) in [4.78, 5) is 21.1. The highest BCUT2D eigenvalue weighted by atomic mass is 16.5. The molecule has 0 aromatic heterocycles. The smallest absolute Gasteiger partial charge is 0.333 e. The Morgan fingerprint density at radius 2 is 1.53 bits per heavy atom. The SMILES string of the molecule is C=C(C)C(=O)OCC(C)O.C=C(C)C(=O)OCCO. The molecule has 1 unspecified atom stereocenters. The molecule has 1 atom stereocenters. The molecule has 0 rings (SSSR count). The van der Waals surface area contributed by atoms with Crippen LogP contribution in [-0.4, -0.2) is 48.1 Å². The molecule has 19 heavy (non-hydrogen) atoms. The van der Waals surface area contributed by atoms with E-state index in [1.807, 2.05) is 0 Å². The summed E-state index contributed by atoms with van der Waals surface area (Å²) in [5.41, 5.74) is 0.698. The first-order chi connectivity index (χ1) is 8.72. The number of carbonyl (C=O) groups is 2. The lowest BCUT2D eigenvalue weighted by Crippen LogP contribution is -2.15. The molecule has 0 heterocycles. The number of hydrogen-bond donors (Lipinski definition) is 2. The average molecular weight is 274 g/mol. The summed E-state index contributed by atoms with van der Waals surface area (Å²) < 4.78 is 9.04. The summed E-state index contributed by atoms with van der Waals surface area (Å²) in [6.07, 6.45) is -0.608. The van der Waals surface area contributed by atoms with E-state index >= 15 is 0 Å². The molecule has 0 fully saturated rings. The first kappa shape index (κ1) is 19.7. The van der Waals surface area contributed by atoms with Crippen molar-refractivity contribution in [1.82, 2.24) is 0 Å².